The third-order valence-electron chi connectivity index (χ3n) is 11.2. The Labute approximate surface area is 357 Å². The number of nitrogens with zero attached hydrogens (tertiary/aromatic N) is 2. The number of aliphatic hydroxyl groups is 1. The number of benzene rings is 2. The van der Waals surface area contributed by atoms with Crippen molar-refractivity contribution in [2.24, 2.45) is 5.41 Å². The number of likely N-dealkylation sites (tertiary alicyclic amines) is 1. The van der Waals surface area contributed by atoms with Gasteiger partial charge in [-0.3, -0.25) is 18.6 Å². The van der Waals surface area contributed by atoms with Gasteiger partial charge in [0.25, 0.3) is 10.1 Å². The number of hydrogen-bond donors (Lipinski definition) is 3. The number of carbonyl (C=O) groups is 3. The molecule has 1 saturated heterocycles. The van der Waals surface area contributed by atoms with E-state index in [1.807, 2.05) is 71.3 Å². The topological polar surface area (TPSA) is 155 Å². The third kappa shape index (κ3) is 15.4. The number of aryl methyl sites for hydroxylation is 2. The first-order chi connectivity index (χ1) is 28.1. The Kier molecular flexibility index (Phi) is 19.0. The molecule has 0 bridgehead atoms. The van der Waals surface area contributed by atoms with E-state index in [0.717, 1.165) is 78.6 Å². The molecule has 0 spiro atoms. The number of aromatic nitrogens is 1. The number of unbranched alkanes of at least 4 members (excludes halogenated alkanes) is 12. The molecule has 0 saturated carbocycles. The van der Waals surface area contributed by atoms with E-state index >= 15 is 0 Å². The molecule has 11 nitrogen and oxygen atoms in total. The Morgan fingerprint density at radius 3 is 1.95 bits per heavy atom. The summed E-state index contributed by atoms with van der Waals surface area (Å²) < 4.78 is 29.7. The predicted molar refractivity (Wildman–Crippen MR) is 235 cm³/mol. The molecule has 3 N–H and O–H groups in total. The normalized spacial score (nSPS) is 16.8. The molecule has 0 unspecified atom stereocenters. The first kappa shape index (κ1) is 48.0. The van der Waals surface area contributed by atoms with Crippen molar-refractivity contribution in [3.63, 3.8) is 0 Å². The summed E-state index contributed by atoms with van der Waals surface area (Å²) in [5.41, 5.74) is 5.20. The molecule has 0 radical (unpaired) electrons. The summed E-state index contributed by atoms with van der Waals surface area (Å²) in [7, 11) is -3.68. The van der Waals surface area contributed by atoms with Crippen LogP contribution in [0.15, 0.2) is 58.9 Å². The standard InChI is InChI=1S/C46H68N4O7S2/c1-33-21-27-39(28-22-33)59(55,56)57-29-19-17-15-13-11-9-7-8-10-12-14-16-18-20-41(52)49-43(46(4,5)6)45(54)50-31-38(51)30-40(50)44(53)48-34(2)36-23-25-37(26-24-36)42-35(3)47-32-58-42/h21-28,32,34,38,40,43,51H,7-20,29-31H2,1-6H3,(H,48,53)(H,49,52)/t34-,38+,40-,43+/m0/s1. The zero-order chi connectivity index (χ0) is 43.0. The Hall–Kier alpha value is -3.65. The van der Waals surface area contributed by atoms with E-state index in [1.165, 1.54) is 37.0 Å². The van der Waals surface area contributed by atoms with Crippen molar-refractivity contribution < 1.29 is 32.1 Å². The second-order valence-electron chi connectivity index (χ2n) is 17.3. The number of aliphatic hydroxyl groups excluding tert-OH is 1. The van der Waals surface area contributed by atoms with Gasteiger partial charge in [0.05, 0.1) is 39.7 Å². The van der Waals surface area contributed by atoms with Crippen LogP contribution in [0, 0.1) is 19.3 Å². The molecular formula is C46H68N4O7S2. The van der Waals surface area contributed by atoms with Gasteiger partial charge in [0, 0.05) is 19.4 Å². The van der Waals surface area contributed by atoms with E-state index in [1.54, 1.807) is 35.6 Å². The minimum Gasteiger partial charge on any atom is -0.391 e. The van der Waals surface area contributed by atoms with Crippen LogP contribution in [0.5, 0.6) is 0 Å². The summed E-state index contributed by atoms with van der Waals surface area (Å²) in [5, 5.41) is 16.6. The number of thiazole rings is 1. The number of amides is 3. The maximum Gasteiger partial charge on any atom is 0.296 e. The van der Waals surface area contributed by atoms with Crippen molar-refractivity contribution in [3.05, 3.63) is 70.9 Å². The highest BCUT2D eigenvalue weighted by atomic mass is 32.2. The molecule has 13 heteroatoms. The van der Waals surface area contributed by atoms with Crippen LogP contribution < -0.4 is 10.6 Å². The van der Waals surface area contributed by atoms with Gasteiger partial charge in [-0.25, -0.2) is 4.98 Å². The Morgan fingerprint density at radius 2 is 1.41 bits per heavy atom. The summed E-state index contributed by atoms with van der Waals surface area (Å²) in [4.78, 5) is 47.8. The molecule has 59 heavy (non-hydrogen) atoms. The number of hydrogen-bond acceptors (Lipinski definition) is 9. The van der Waals surface area contributed by atoms with Gasteiger partial charge < -0.3 is 20.6 Å². The average Bonchev–Trinajstić information content (AvgIpc) is 3.81. The van der Waals surface area contributed by atoms with Crippen LogP contribution in [-0.2, 0) is 28.7 Å². The van der Waals surface area contributed by atoms with Gasteiger partial charge in [-0.15, -0.1) is 11.3 Å². The number of carbonyl (C=O) groups excluding carboxylic acids is 3. The van der Waals surface area contributed by atoms with E-state index in [4.69, 9.17) is 4.18 Å². The second kappa shape index (κ2) is 23.4. The second-order valence-corrected chi connectivity index (χ2v) is 19.8. The van der Waals surface area contributed by atoms with Gasteiger partial charge in [0.15, 0.2) is 0 Å². The molecule has 2 aromatic carbocycles. The van der Waals surface area contributed by atoms with Gasteiger partial charge in [0.2, 0.25) is 17.7 Å². The summed E-state index contributed by atoms with van der Waals surface area (Å²) >= 11 is 1.59. The molecule has 3 aromatic rings. The molecule has 1 aliphatic heterocycles. The lowest BCUT2D eigenvalue weighted by Crippen LogP contribution is -2.57. The van der Waals surface area contributed by atoms with Crippen molar-refractivity contribution >= 4 is 39.2 Å². The molecule has 4 rings (SSSR count). The highest BCUT2D eigenvalue weighted by Gasteiger charge is 2.44. The summed E-state index contributed by atoms with van der Waals surface area (Å²) in [5.74, 6) is -0.852. The summed E-state index contributed by atoms with van der Waals surface area (Å²) in [6, 6.07) is 12.7. The zero-order valence-electron chi connectivity index (χ0n) is 36.1. The summed E-state index contributed by atoms with van der Waals surface area (Å²) in [6.45, 7) is 11.8. The Morgan fingerprint density at radius 1 is 0.847 bits per heavy atom. The van der Waals surface area contributed by atoms with Crippen LogP contribution in [0.25, 0.3) is 10.4 Å². The molecule has 1 aromatic heterocycles. The molecule has 1 aliphatic rings. The van der Waals surface area contributed by atoms with Crippen LogP contribution >= 0.6 is 11.3 Å². The smallest absolute Gasteiger partial charge is 0.296 e. The Balaban J connectivity index is 1.07. The molecule has 3 amide bonds. The minimum absolute atomic E-state index is 0.0398. The molecule has 1 fully saturated rings. The van der Waals surface area contributed by atoms with Crippen LogP contribution in [0.3, 0.4) is 0 Å². The maximum atomic E-state index is 14.0. The van der Waals surface area contributed by atoms with Crippen molar-refractivity contribution in [1.82, 2.24) is 20.5 Å². The number of nitrogens with one attached hydrogen (secondary N) is 2. The van der Waals surface area contributed by atoms with E-state index < -0.39 is 33.7 Å². The predicted octanol–water partition coefficient (Wildman–Crippen LogP) is 8.96. The molecule has 326 valence electrons. The largest absolute Gasteiger partial charge is 0.391 e. The zero-order valence-corrected chi connectivity index (χ0v) is 37.8. The van der Waals surface area contributed by atoms with Crippen molar-refractivity contribution in [1.29, 1.82) is 0 Å². The molecular weight excluding hydrogens is 785 g/mol. The van der Waals surface area contributed by atoms with Gasteiger partial charge in [-0.2, -0.15) is 8.42 Å². The third-order valence-corrected chi connectivity index (χ3v) is 13.5. The van der Waals surface area contributed by atoms with Gasteiger partial charge in [-0.05, 0) is 62.3 Å². The SMILES string of the molecule is Cc1ccc(S(=O)(=O)OCCCCCCCCCCCCCCCC(=O)N[C@H](C(=O)N2C[C@H](O)C[C@H]2C(=O)N[C@@H](C)c2ccc(-c3scnc3C)cc2)C(C)(C)C)cc1. The molecule has 2 heterocycles. The van der Waals surface area contributed by atoms with Crippen LogP contribution in [-0.4, -0.2) is 72.5 Å². The van der Waals surface area contributed by atoms with Crippen LogP contribution in [0.4, 0.5) is 0 Å². The minimum atomic E-state index is -3.68. The summed E-state index contributed by atoms with van der Waals surface area (Å²) in [6.07, 6.45) is 13.4. The highest BCUT2D eigenvalue weighted by Crippen LogP contribution is 2.30. The van der Waals surface area contributed by atoms with Crippen LogP contribution in [0.2, 0.25) is 0 Å². The van der Waals surface area contributed by atoms with Crippen molar-refractivity contribution in [2.45, 2.75) is 167 Å². The lowest BCUT2D eigenvalue weighted by atomic mass is 9.85. The van der Waals surface area contributed by atoms with Gasteiger partial charge >= 0.3 is 0 Å². The van der Waals surface area contributed by atoms with Crippen LogP contribution in [0.1, 0.15) is 147 Å². The first-order valence-electron chi connectivity index (χ1n) is 21.6. The highest BCUT2D eigenvalue weighted by molar-refractivity contribution is 7.86. The van der Waals surface area contributed by atoms with Gasteiger partial charge in [-0.1, -0.05) is 133 Å². The fourth-order valence-corrected chi connectivity index (χ4v) is 9.28. The van der Waals surface area contributed by atoms with E-state index in [2.05, 4.69) is 15.6 Å². The average molecular weight is 853 g/mol. The van der Waals surface area contributed by atoms with E-state index in [0.29, 0.717) is 6.42 Å². The van der Waals surface area contributed by atoms with E-state index in [9.17, 15) is 27.9 Å². The molecule has 0 aliphatic carbocycles. The van der Waals surface area contributed by atoms with Crippen molar-refractivity contribution in [2.75, 3.05) is 13.2 Å². The number of rotatable bonds is 24. The van der Waals surface area contributed by atoms with Gasteiger partial charge in [0.1, 0.15) is 12.1 Å². The van der Waals surface area contributed by atoms with Crippen molar-refractivity contribution in [3.8, 4) is 10.4 Å². The fraction of sp³-hybridized carbons (Fsp3) is 0.609. The molecule has 4 atom stereocenters. The first-order valence-corrected chi connectivity index (χ1v) is 23.9. The lowest BCUT2D eigenvalue weighted by Gasteiger charge is -2.35. The quantitative estimate of drug-likeness (QED) is 0.0596. The Bertz CT molecular complexity index is 1870. The fourth-order valence-electron chi connectivity index (χ4n) is 7.52. The lowest BCUT2D eigenvalue weighted by molar-refractivity contribution is -0.144. The number of β-amino-alcohol motifs (C(OH)–C–C–N with tert-alkyl or cyclic N) is 1. The maximum absolute atomic E-state index is 14.0. The monoisotopic (exact) mass is 852 g/mol. The van der Waals surface area contributed by atoms with E-state index in [-0.39, 0.29) is 48.2 Å².